The Morgan fingerprint density at radius 3 is 2.13 bits per heavy atom. The van der Waals surface area contributed by atoms with Crippen LogP contribution in [0.25, 0.3) is 0 Å². The Hall–Kier alpha value is -2.47. The molecule has 0 radical (unpaired) electrons. The predicted octanol–water partition coefficient (Wildman–Crippen LogP) is 7.20. The monoisotopic (exact) mass is 472 g/mol. The number of amides is 2. The second-order valence-corrected chi connectivity index (χ2v) is 8.93. The van der Waals surface area contributed by atoms with E-state index in [1.807, 2.05) is 61.5 Å². The molecule has 2 amide bonds. The number of hydrogen-bond acceptors (Lipinski definition) is 3. The lowest BCUT2D eigenvalue weighted by molar-refractivity contribution is -0.116. The topological polar surface area (TPSA) is 58.2 Å². The van der Waals surface area contributed by atoms with Gasteiger partial charge in [-0.3, -0.25) is 9.59 Å². The van der Waals surface area contributed by atoms with Gasteiger partial charge in [0, 0.05) is 32.7 Å². The van der Waals surface area contributed by atoms with Gasteiger partial charge < -0.3 is 10.6 Å². The lowest BCUT2D eigenvalue weighted by Crippen LogP contribution is -2.19. The first-order chi connectivity index (χ1) is 14.9. The molecular formula is C24H22Cl2N2O2S. The molecule has 0 aliphatic heterocycles. The lowest BCUT2D eigenvalue weighted by Gasteiger charge is -2.18. The smallest absolute Gasteiger partial charge is 0.242 e. The number of carbonyl (C=O) groups is 2. The fourth-order valence-electron chi connectivity index (χ4n) is 2.94. The van der Waals surface area contributed by atoms with Crippen molar-refractivity contribution in [1.29, 1.82) is 0 Å². The van der Waals surface area contributed by atoms with E-state index < -0.39 is 5.25 Å². The molecule has 7 heteroatoms. The zero-order chi connectivity index (χ0) is 22.2. The van der Waals surface area contributed by atoms with Crippen molar-refractivity contribution >= 4 is 58.2 Å². The SMILES string of the molecule is CCCC(=O)Nc1ccc(SC(C(=O)Nc2cc(Cl)cc(Cl)c2)c2ccccc2)cc1. The van der Waals surface area contributed by atoms with Crippen molar-refractivity contribution in [3.63, 3.8) is 0 Å². The van der Waals surface area contributed by atoms with E-state index in [1.54, 1.807) is 18.2 Å². The van der Waals surface area contributed by atoms with Crippen LogP contribution >= 0.6 is 35.0 Å². The van der Waals surface area contributed by atoms with Crippen molar-refractivity contribution in [3.05, 3.63) is 88.4 Å². The summed E-state index contributed by atoms with van der Waals surface area (Å²) in [4.78, 5) is 25.8. The summed E-state index contributed by atoms with van der Waals surface area (Å²) in [5, 5.41) is 6.19. The number of nitrogens with one attached hydrogen (secondary N) is 2. The molecule has 0 aliphatic carbocycles. The van der Waals surface area contributed by atoms with E-state index in [-0.39, 0.29) is 11.8 Å². The van der Waals surface area contributed by atoms with Crippen molar-refractivity contribution in [2.24, 2.45) is 0 Å². The quantitative estimate of drug-likeness (QED) is 0.340. The minimum Gasteiger partial charge on any atom is -0.326 e. The van der Waals surface area contributed by atoms with Crippen LogP contribution in [-0.2, 0) is 9.59 Å². The summed E-state index contributed by atoms with van der Waals surface area (Å²) in [5.41, 5.74) is 2.15. The highest BCUT2D eigenvalue weighted by atomic mass is 35.5. The first kappa shape index (κ1) is 23.2. The van der Waals surface area contributed by atoms with Crippen LogP contribution in [0.3, 0.4) is 0 Å². The normalized spacial score (nSPS) is 11.6. The lowest BCUT2D eigenvalue weighted by atomic mass is 10.1. The number of rotatable bonds is 8. The van der Waals surface area contributed by atoms with Crippen molar-refractivity contribution in [2.75, 3.05) is 10.6 Å². The van der Waals surface area contributed by atoms with Crippen molar-refractivity contribution < 1.29 is 9.59 Å². The van der Waals surface area contributed by atoms with Gasteiger partial charge in [-0.1, -0.05) is 60.5 Å². The highest BCUT2D eigenvalue weighted by Crippen LogP contribution is 2.37. The molecule has 0 heterocycles. The van der Waals surface area contributed by atoms with Crippen LogP contribution in [-0.4, -0.2) is 11.8 Å². The maximum absolute atomic E-state index is 13.1. The van der Waals surface area contributed by atoms with Gasteiger partial charge >= 0.3 is 0 Å². The van der Waals surface area contributed by atoms with Crippen molar-refractivity contribution in [3.8, 4) is 0 Å². The molecule has 0 aromatic heterocycles. The van der Waals surface area contributed by atoms with Gasteiger partial charge in [0.25, 0.3) is 0 Å². The third-order valence-corrected chi connectivity index (χ3v) is 6.04. The molecule has 0 spiro atoms. The summed E-state index contributed by atoms with van der Waals surface area (Å²) in [6, 6.07) is 21.9. The standard InChI is InChI=1S/C24H22Cl2N2O2S/c1-2-6-22(29)27-19-9-11-21(12-10-19)31-23(16-7-4-3-5-8-16)24(30)28-20-14-17(25)13-18(26)15-20/h3-5,7-15,23H,2,6H2,1H3,(H,27,29)(H,28,30). The summed E-state index contributed by atoms with van der Waals surface area (Å²) < 4.78 is 0. The second-order valence-electron chi connectivity index (χ2n) is 6.88. The highest BCUT2D eigenvalue weighted by molar-refractivity contribution is 8.00. The van der Waals surface area contributed by atoms with Crippen LogP contribution in [0.4, 0.5) is 11.4 Å². The Morgan fingerprint density at radius 1 is 0.871 bits per heavy atom. The summed E-state index contributed by atoms with van der Waals surface area (Å²) in [7, 11) is 0. The Labute approximate surface area is 196 Å². The number of carbonyl (C=O) groups excluding carboxylic acids is 2. The largest absolute Gasteiger partial charge is 0.326 e. The minimum atomic E-state index is -0.487. The highest BCUT2D eigenvalue weighted by Gasteiger charge is 2.22. The van der Waals surface area contributed by atoms with E-state index in [9.17, 15) is 9.59 Å². The van der Waals surface area contributed by atoms with Gasteiger partial charge in [0.05, 0.1) is 0 Å². The molecule has 0 aliphatic rings. The second kappa shape index (κ2) is 11.2. The zero-order valence-electron chi connectivity index (χ0n) is 16.9. The summed E-state index contributed by atoms with van der Waals surface area (Å²) in [5.74, 6) is -0.195. The minimum absolute atomic E-state index is 0.00961. The van der Waals surface area contributed by atoms with Gasteiger partial charge in [-0.2, -0.15) is 0 Å². The summed E-state index contributed by atoms with van der Waals surface area (Å²) >= 11 is 13.5. The van der Waals surface area contributed by atoms with Gasteiger partial charge in [0.1, 0.15) is 5.25 Å². The van der Waals surface area contributed by atoms with Gasteiger partial charge in [-0.15, -0.1) is 11.8 Å². The molecule has 3 rings (SSSR count). The Balaban J connectivity index is 1.78. The maximum Gasteiger partial charge on any atom is 0.242 e. The first-order valence-corrected chi connectivity index (χ1v) is 11.5. The molecule has 2 N–H and O–H groups in total. The molecule has 31 heavy (non-hydrogen) atoms. The van der Waals surface area contributed by atoms with Crippen LogP contribution in [0.5, 0.6) is 0 Å². The van der Waals surface area contributed by atoms with E-state index in [2.05, 4.69) is 10.6 Å². The molecule has 0 fully saturated rings. The van der Waals surface area contributed by atoms with Gasteiger partial charge in [0.2, 0.25) is 11.8 Å². The molecule has 3 aromatic rings. The van der Waals surface area contributed by atoms with Crippen molar-refractivity contribution in [2.45, 2.75) is 29.9 Å². The number of benzene rings is 3. The number of halogens is 2. The number of anilines is 2. The van der Waals surface area contributed by atoms with Crippen LogP contribution in [0.2, 0.25) is 10.0 Å². The van der Waals surface area contributed by atoms with Crippen LogP contribution in [0.1, 0.15) is 30.6 Å². The summed E-state index contributed by atoms with van der Waals surface area (Å²) in [6.45, 7) is 1.96. The predicted molar refractivity (Wildman–Crippen MR) is 130 cm³/mol. The molecule has 160 valence electrons. The molecule has 3 aromatic carbocycles. The van der Waals surface area contributed by atoms with E-state index >= 15 is 0 Å². The van der Waals surface area contributed by atoms with Gasteiger partial charge in [-0.05, 0) is 54.4 Å². The van der Waals surface area contributed by atoms with Gasteiger partial charge in [0.15, 0.2) is 0 Å². The van der Waals surface area contributed by atoms with E-state index in [0.717, 1.165) is 22.6 Å². The van der Waals surface area contributed by atoms with E-state index in [1.165, 1.54) is 11.8 Å². The fraction of sp³-hybridized carbons (Fsp3) is 0.167. The third kappa shape index (κ3) is 7.03. The molecule has 1 unspecified atom stereocenters. The van der Waals surface area contributed by atoms with Crippen molar-refractivity contribution in [1.82, 2.24) is 0 Å². The third-order valence-electron chi connectivity index (χ3n) is 4.34. The Morgan fingerprint density at radius 2 is 1.52 bits per heavy atom. The summed E-state index contributed by atoms with van der Waals surface area (Å²) in [6.07, 6.45) is 1.28. The fourth-order valence-corrected chi connectivity index (χ4v) is 4.49. The number of thioether (sulfide) groups is 1. The molecular weight excluding hydrogens is 451 g/mol. The first-order valence-electron chi connectivity index (χ1n) is 9.83. The van der Waals surface area contributed by atoms with Crippen LogP contribution in [0.15, 0.2) is 77.7 Å². The van der Waals surface area contributed by atoms with Crippen LogP contribution in [0, 0.1) is 0 Å². The number of hydrogen-bond donors (Lipinski definition) is 2. The zero-order valence-corrected chi connectivity index (χ0v) is 19.2. The van der Waals surface area contributed by atoms with E-state index in [0.29, 0.717) is 22.2 Å². The maximum atomic E-state index is 13.1. The Kier molecular flexibility index (Phi) is 8.41. The van der Waals surface area contributed by atoms with Crippen LogP contribution < -0.4 is 10.6 Å². The molecule has 0 saturated carbocycles. The average Bonchev–Trinajstić information content (AvgIpc) is 2.73. The molecule has 0 bridgehead atoms. The average molecular weight is 473 g/mol. The molecule has 1 atom stereocenters. The van der Waals surface area contributed by atoms with E-state index in [4.69, 9.17) is 23.2 Å². The molecule has 0 saturated heterocycles. The Bertz CT molecular complexity index is 1020. The van der Waals surface area contributed by atoms with Gasteiger partial charge in [-0.25, -0.2) is 0 Å². The molecule has 4 nitrogen and oxygen atoms in total.